The molecule has 0 heterocycles. The molecule has 2 nitrogen and oxygen atoms in total. The van der Waals surface area contributed by atoms with Gasteiger partial charge in [0.2, 0.25) is 0 Å². The molecule has 0 aliphatic heterocycles. The van der Waals surface area contributed by atoms with Crippen LogP contribution in [0, 0.1) is 0 Å². The van der Waals surface area contributed by atoms with Crippen molar-refractivity contribution in [3.05, 3.63) is 0 Å². The zero-order chi connectivity index (χ0) is 10.2. The normalized spacial score (nSPS) is 12.0. The van der Waals surface area contributed by atoms with Crippen LogP contribution in [0.25, 0.3) is 0 Å². The number of hydrogen-bond donors (Lipinski definition) is 1. The van der Waals surface area contributed by atoms with E-state index >= 15 is 0 Å². The molecular formula is C11H27N2+. The number of nitrogens with zero attached hydrogens (tertiary/aromatic N) is 1. The van der Waals surface area contributed by atoms with Gasteiger partial charge in [0, 0.05) is 13.0 Å². The molecule has 0 aromatic heterocycles. The first-order valence-electron chi connectivity index (χ1n) is 5.65. The molecule has 0 aromatic rings. The minimum Gasteiger partial charge on any atom is -0.329 e. The van der Waals surface area contributed by atoms with E-state index in [1.807, 2.05) is 0 Å². The molecule has 0 aromatic carbocycles. The average molecular weight is 187 g/mol. The molecule has 0 aliphatic rings. The van der Waals surface area contributed by atoms with E-state index in [9.17, 15) is 0 Å². The molecule has 0 bridgehead atoms. The Morgan fingerprint density at radius 3 is 2.15 bits per heavy atom. The third kappa shape index (κ3) is 8.26. The summed E-state index contributed by atoms with van der Waals surface area (Å²) >= 11 is 0. The van der Waals surface area contributed by atoms with Crippen LogP contribution in [0.4, 0.5) is 0 Å². The van der Waals surface area contributed by atoms with Gasteiger partial charge in [0.1, 0.15) is 0 Å². The van der Waals surface area contributed by atoms with Crippen LogP contribution in [0.1, 0.15) is 33.1 Å². The van der Waals surface area contributed by atoms with Gasteiger partial charge in [0.15, 0.2) is 0 Å². The standard InChI is InChI=1S/C11H27N2/c1-5-7-9-12-10-8-11-13(3,4)6-2/h12H,5-11H2,1-4H3/q+1. The van der Waals surface area contributed by atoms with Gasteiger partial charge < -0.3 is 9.80 Å². The van der Waals surface area contributed by atoms with E-state index < -0.39 is 0 Å². The molecule has 0 spiro atoms. The van der Waals surface area contributed by atoms with Gasteiger partial charge in [0.05, 0.1) is 27.2 Å². The highest BCUT2D eigenvalue weighted by atomic mass is 15.3. The Labute approximate surface area is 83.9 Å². The second-order valence-electron chi connectivity index (χ2n) is 4.43. The zero-order valence-electron chi connectivity index (χ0n) is 9.90. The van der Waals surface area contributed by atoms with E-state index in [2.05, 4.69) is 33.3 Å². The minimum atomic E-state index is 1.15. The summed E-state index contributed by atoms with van der Waals surface area (Å²) in [5.41, 5.74) is 0. The molecule has 80 valence electrons. The first kappa shape index (κ1) is 12.9. The van der Waals surface area contributed by atoms with Gasteiger partial charge in [0.25, 0.3) is 0 Å². The summed E-state index contributed by atoms with van der Waals surface area (Å²) in [5.74, 6) is 0. The van der Waals surface area contributed by atoms with Gasteiger partial charge in [-0.3, -0.25) is 0 Å². The largest absolute Gasteiger partial charge is 0.329 e. The SMILES string of the molecule is CCCCNCCC[N+](C)(C)CC. The molecule has 0 unspecified atom stereocenters. The van der Waals surface area contributed by atoms with Crippen LogP contribution in [-0.2, 0) is 0 Å². The highest BCUT2D eigenvalue weighted by Crippen LogP contribution is 1.97. The van der Waals surface area contributed by atoms with Crippen molar-refractivity contribution in [3.63, 3.8) is 0 Å². The van der Waals surface area contributed by atoms with Crippen LogP contribution < -0.4 is 5.32 Å². The molecule has 0 atom stereocenters. The van der Waals surface area contributed by atoms with Crippen molar-refractivity contribution in [2.45, 2.75) is 33.1 Å². The lowest BCUT2D eigenvalue weighted by Gasteiger charge is -2.28. The molecule has 0 aliphatic carbocycles. The Morgan fingerprint density at radius 2 is 1.62 bits per heavy atom. The maximum atomic E-state index is 3.47. The summed E-state index contributed by atoms with van der Waals surface area (Å²) in [6.07, 6.45) is 3.90. The van der Waals surface area contributed by atoms with Crippen molar-refractivity contribution < 1.29 is 4.48 Å². The van der Waals surface area contributed by atoms with Gasteiger partial charge in [-0.05, 0) is 19.9 Å². The average Bonchev–Trinajstić information content (AvgIpc) is 2.11. The molecule has 0 radical (unpaired) electrons. The summed E-state index contributed by atoms with van der Waals surface area (Å²) in [5, 5.41) is 3.47. The van der Waals surface area contributed by atoms with E-state index in [4.69, 9.17) is 0 Å². The maximum Gasteiger partial charge on any atom is 0.0794 e. The molecular weight excluding hydrogens is 160 g/mol. The van der Waals surface area contributed by atoms with Crippen LogP contribution >= 0.6 is 0 Å². The van der Waals surface area contributed by atoms with Crippen LogP contribution in [0.3, 0.4) is 0 Å². The van der Waals surface area contributed by atoms with Crippen molar-refractivity contribution in [2.24, 2.45) is 0 Å². The smallest absolute Gasteiger partial charge is 0.0794 e. The van der Waals surface area contributed by atoms with Crippen molar-refractivity contribution in [1.29, 1.82) is 0 Å². The van der Waals surface area contributed by atoms with E-state index in [-0.39, 0.29) is 0 Å². The molecule has 0 rings (SSSR count). The first-order chi connectivity index (χ1) is 6.12. The van der Waals surface area contributed by atoms with Gasteiger partial charge in [-0.2, -0.15) is 0 Å². The van der Waals surface area contributed by atoms with Gasteiger partial charge in [-0.15, -0.1) is 0 Å². The molecule has 13 heavy (non-hydrogen) atoms. The fourth-order valence-corrected chi connectivity index (χ4v) is 1.22. The maximum absolute atomic E-state index is 3.47. The zero-order valence-corrected chi connectivity index (χ0v) is 9.90. The fraction of sp³-hybridized carbons (Fsp3) is 1.00. The Morgan fingerprint density at radius 1 is 1.00 bits per heavy atom. The molecule has 0 saturated carbocycles. The van der Waals surface area contributed by atoms with Crippen LogP contribution in [0.5, 0.6) is 0 Å². The summed E-state index contributed by atoms with van der Waals surface area (Å²) in [4.78, 5) is 0. The molecule has 1 N–H and O–H groups in total. The fourth-order valence-electron chi connectivity index (χ4n) is 1.22. The topological polar surface area (TPSA) is 12.0 Å². The van der Waals surface area contributed by atoms with E-state index in [1.54, 1.807) is 0 Å². The van der Waals surface area contributed by atoms with E-state index in [1.165, 1.54) is 45.4 Å². The second-order valence-corrected chi connectivity index (χ2v) is 4.43. The van der Waals surface area contributed by atoms with Crippen molar-refractivity contribution in [3.8, 4) is 0 Å². The molecule has 0 fully saturated rings. The monoisotopic (exact) mass is 187 g/mol. The van der Waals surface area contributed by atoms with Crippen molar-refractivity contribution in [2.75, 3.05) is 40.3 Å². The lowest BCUT2D eigenvalue weighted by molar-refractivity contribution is -0.888. The quantitative estimate of drug-likeness (QED) is 0.452. The second kappa shape index (κ2) is 7.34. The van der Waals surface area contributed by atoms with E-state index in [0.29, 0.717) is 0 Å². The Balaban J connectivity index is 3.16. The minimum absolute atomic E-state index is 1.15. The van der Waals surface area contributed by atoms with Crippen LogP contribution in [-0.4, -0.2) is 44.8 Å². The summed E-state index contributed by atoms with van der Waals surface area (Å²) in [7, 11) is 4.60. The highest BCUT2D eigenvalue weighted by Gasteiger charge is 2.09. The van der Waals surface area contributed by atoms with E-state index in [0.717, 1.165) is 4.48 Å². The number of hydrogen-bond acceptors (Lipinski definition) is 1. The molecule has 0 amide bonds. The van der Waals surface area contributed by atoms with Crippen molar-refractivity contribution in [1.82, 2.24) is 5.32 Å². The Kier molecular flexibility index (Phi) is 7.29. The van der Waals surface area contributed by atoms with Gasteiger partial charge in [-0.1, -0.05) is 13.3 Å². The van der Waals surface area contributed by atoms with Crippen LogP contribution in [0.2, 0.25) is 0 Å². The Hall–Kier alpha value is -0.0800. The lowest BCUT2D eigenvalue weighted by Crippen LogP contribution is -2.41. The van der Waals surface area contributed by atoms with Crippen LogP contribution in [0.15, 0.2) is 0 Å². The summed E-state index contributed by atoms with van der Waals surface area (Å²) < 4.78 is 1.15. The number of rotatable bonds is 8. The Bertz CT molecular complexity index is 111. The number of unbranched alkanes of at least 4 members (excludes halogenated alkanes) is 1. The molecule has 2 heteroatoms. The lowest BCUT2D eigenvalue weighted by atomic mass is 10.3. The number of quaternary nitrogens is 1. The third-order valence-electron chi connectivity index (χ3n) is 2.68. The predicted octanol–water partition coefficient (Wildman–Crippen LogP) is 1.86. The predicted molar refractivity (Wildman–Crippen MR) is 59.9 cm³/mol. The first-order valence-corrected chi connectivity index (χ1v) is 5.65. The van der Waals surface area contributed by atoms with Gasteiger partial charge in [-0.25, -0.2) is 0 Å². The van der Waals surface area contributed by atoms with Crippen molar-refractivity contribution >= 4 is 0 Å². The highest BCUT2D eigenvalue weighted by molar-refractivity contribution is 4.47. The molecule has 0 saturated heterocycles. The summed E-state index contributed by atoms with van der Waals surface area (Å²) in [6, 6.07) is 0. The number of nitrogens with one attached hydrogen (secondary N) is 1. The summed E-state index contributed by atoms with van der Waals surface area (Å²) in [6.45, 7) is 9.38. The van der Waals surface area contributed by atoms with Gasteiger partial charge >= 0.3 is 0 Å². The third-order valence-corrected chi connectivity index (χ3v) is 2.68.